The Bertz CT molecular complexity index is 1000. The molecule has 0 radical (unpaired) electrons. The van der Waals surface area contributed by atoms with Gasteiger partial charge >= 0.3 is 23.9 Å². The van der Waals surface area contributed by atoms with Gasteiger partial charge in [-0.2, -0.15) is 0 Å². The van der Waals surface area contributed by atoms with E-state index in [9.17, 15) is 28.8 Å². The van der Waals surface area contributed by atoms with Crippen LogP contribution in [0.1, 0.15) is 213 Å². The summed E-state index contributed by atoms with van der Waals surface area (Å²) in [5.41, 5.74) is -1.58. The minimum Gasteiger partial charge on any atom is -0.466 e. The number of imide groups is 1. The average molecular weight is 766 g/mol. The molecule has 0 spiro atoms. The van der Waals surface area contributed by atoms with Crippen LogP contribution in [0.4, 0.5) is 0 Å². The lowest BCUT2D eigenvalue weighted by Crippen LogP contribution is -2.46. The Morgan fingerprint density at radius 1 is 0.463 bits per heavy atom. The van der Waals surface area contributed by atoms with E-state index in [2.05, 4.69) is 13.8 Å². The molecule has 0 aliphatic carbocycles. The molecule has 0 aromatic rings. The molecule has 1 aliphatic rings. The van der Waals surface area contributed by atoms with Crippen molar-refractivity contribution in [3.8, 4) is 0 Å². The smallest absolute Gasteiger partial charge is 0.350 e. The molecule has 1 rings (SSSR count). The lowest BCUT2D eigenvalue weighted by Gasteiger charge is -2.30. The van der Waals surface area contributed by atoms with Crippen LogP contribution in [0.5, 0.6) is 0 Å². The molecular formula is C43H75NO10. The first-order valence-corrected chi connectivity index (χ1v) is 21.8. The van der Waals surface area contributed by atoms with Crippen LogP contribution in [0, 0.1) is 5.41 Å². The molecule has 54 heavy (non-hydrogen) atoms. The van der Waals surface area contributed by atoms with Crippen molar-refractivity contribution in [1.82, 2.24) is 5.06 Å². The lowest BCUT2D eigenvalue weighted by molar-refractivity contribution is -0.209. The number of nitrogens with zero attached hydrogens (tertiary/aromatic N) is 1. The number of hydrogen-bond acceptors (Lipinski definition) is 10. The highest BCUT2D eigenvalue weighted by molar-refractivity contribution is 6.04. The van der Waals surface area contributed by atoms with Crippen molar-refractivity contribution >= 4 is 35.7 Å². The van der Waals surface area contributed by atoms with Crippen molar-refractivity contribution in [2.24, 2.45) is 5.41 Å². The Morgan fingerprint density at radius 3 is 1.17 bits per heavy atom. The van der Waals surface area contributed by atoms with Crippen LogP contribution in [0.15, 0.2) is 0 Å². The maximum Gasteiger partial charge on any atom is 0.350 e. The van der Waals surface area contributed by atoms with Gasteiger partial charge in [0.2, 0.25) is 0 Å². The third-order valence-electron chi connectivity index (χ3n) is 10.2. The van der Waals surface area contributed by atoms with Crippen molar-refractivity contribution < 1.29 is 47.8 Å². The summed E-state index contributed by atoms with van der Waals surface area (Å²) < 4.78 is 16.1. The predicted molar refractivity (Wildman–Crippen MR) is 209 cm³/mol. The first-order valence-electron chi connectivity index (χ1n) is 21.8. The highest BCUT2D eigenvalue weighted by Gasteiger charge is 2.50. The standard InChI is InChI=1S/C43H75NO10/c1-4-7-34-51-39(47)28-24-20-16-12-10-14-18-22-26-32-43(41(49)53-36-9-6-3,42(50)54-44-37(45)30-31-38(44)46)33-27-23-19-15-11-13-17-21-25-29-40(48)52-35-8-5-2/h4-36H2,1-3H3. The van der Waals surface area contributed by atoms with Gasteiger partial charge in [-0.05, 0) is 44.9 Å². The molecule has 1 heterocycles. The van der Waals surface area contributed by atoms with Gasteiger partial charge in [0.25, 0.3) is 11.8 Å². The van der Waals surface area contributed by atoms with E-state index < -0.39 is 29.2 Å². The Labute approximate surface area is 326 Å². The van der Waals surface area contributed by atoms with Crippen molar-refractivity contribution in [3.63, 3.8) is 0 Å². The van der Waals surface area contributed by atoms with E-state index in [-0.39, 0.29) is 44.2 Å². The number of rotatable bonds is 36. The van der Waals surface area contributed by atoms with E-state index in [1.807, 2.05) is 6.92 Å². The van der Waals surface area contributed by atoms with Crippen LogP contribution >= 0.6 is 0 Å². The zero-order valence-corrected chi connectivity index (χ0v) is 34.4. The van der Waals surface area contributed by atoms with Crippen LogP contribution in [0.2, 0.25) is 0 Å². The summed E-state index contributed by atoms with van der Waals surface area (Å²) >= 11 is 0. The van der Waals surface area contributed by atoms with Crippen LogP contribution in [-0.4, -0.2) is 60.6 Å². The zero-order valence-electron chi connectivity index (χ0n) is 34.4. The van der Waals surface area contributed by atoms with Gasteiger partial charge in [0.05, 0.1) is 19.8 Å². The number of unbranched alkanes of at least 4 members (excludes halogenated alkanes) is 19. The van der Waals surface area contributed by atoms with E-state index in [4.69, 9.17) is 19.0 Å². The van der Waals surface area contributed by atoms with Crippen LogP contribution in [0.3, 0.4) is 0 Å². The number of amides is 2. The summed E-state index contributed by atoms with van der Waals surface area (Å²) in [7, 11) is 0. The van der Waals surface area contributed by atoms with Gasteiger partial charge in [0.1, 0.15) is 0 Å². The molecule has 0 unspecified atom stereocenters. The number of hydrogen-bond donors (Lipinski definition) is 0. The van der Waals surface area contributed by atoms with Gasteiger partial charge in [0.15, 0.2) is 5.41 Å². The SMILES string of the molecule is CCCCOC(=O)CCCCCCCCCCCC(CCCCCCCCCCCC(=O)OCCCC)(C(=O)OCCCC)C(=O)ON1C(=O)CCC1=O. The minimum absolute atomic E-state index is 0.0166. The second-order valence-electron chi connectivity index (χ2n) is 15.0. The zero-order chi connectivity index (χ0) is 39.7. The summed E-state index contributed by atoms with van der Waals surface area (Å²) in [5.74, 6) is -2.83. The van der Waals surface area contributed by atoms with Gasteiger partial charge in [-0.1, -0.05) is 143 Å². The molecule has 0 aromatic carbocycles. The molecular weight excluding hydrogens is 690 g/mol. The molecule has 1 fully saturated rings. The van der Waals surface area contributed by atoms with Gasteiger partial charge in [0, 0.05) is 25.7 Å². The molecule has 0 atom stereocenters. The second-order valence-corrected chi connectivity index (χ2v) is 15.0. The third-order valence-corrected chi connectivity index (χ3v) is 10.2. The Hall–Kier alpha value is -2.98. The fourth-order valence-corrected chi connectivity index (χ4v) is 6.56. The molecule has 11 heteroatoms. The molecule has 1 saturated heterocycles. The summed E-state index contributed by atoms with van der Waals surface area (Å²) in [5, 5.41) is 0.543. The van der Waals surface area contributed by atoms with Crippen molar-refractivity contribution in [2.75, 3.05) is 19.8 Å². The van der Waals surface area contributed by atoms with E-state index in [0.717, 1.165) is 135 Å². The largest absolute Gasteiger partial charge is 0.466 e. The fourth-order valence-electron chi connectivity index (χ4n) is 6.56. The first-order chi connectivity index (χ1) is 26.2. The molecule has 11 nitrogen and oxygen atoms in total. The summed E-state index contributed by atoms with van der Waals surface area (Å²) in [6.07, 6.45) is 23.9. The molecule has 0 N–H and O–H groups in total. The van der Waals surface area contributed by atoms with Gasteiger partial charge in [-0.15, -0.1) is 5.06 Å². The van der Waals surface area contributed by atoms with Crippen molar-refractivity contribution in [3.05, 3.63) is 0 Å². The molecule has 0 saturated carbocycles. The van der Waals surface area contributed by atoms with Crippen molar-refractivity contribution in [1.29, 1.82) is 0 Å². The van der Waals surface area contributed by atoms with Crippen LogP contribution < -0.4 is 0 Å². The minimum atomic E-state index is -1.58. The first kappa shape index (κ1) is 49.0. The van der Waals surface area contributed by atoms with E-state index in [1.165, 1.54) is 0 Å². The van der Waals surface area contributed by atoms with Crippen LogP contribution in [0.25, 0.3) is 0 Å². The molecule has 1 aliphatic heterocycles. The molecule has 312 valence electrons. The highest BCUT2D eigenvalue weighted by atomic mass is 16.7. The maximum absolute atomic E-state index is 13.9. The van der Waals surface area contributed by atoms with Gasteiger partial charge in [-0.3, -0.25) is 24.0 Å². The predicted octanol–water partition coefficient (Wildman–Crippen LogP) is 10.2. The highest BCUT2D eigenvalue weighted by Crippen LogP contribution is 2.36. The number of carbonyl (C=O) groups excluding carboxylic acids is 6. The maximum atomic E-state index is 13.9. The Kier molecular flexibility index (Phi) is 29.3. The van der Waals surface area contributed by atoms with Crippen molar-refractivity contribution in [2.45, 2.75) is 213 Å². The average Bonchev–Trinajstić information content (AvgIpc) is 3.47. The Morgan fingerprint density at radius 2 is 0.796 bits per heavy atom. The van der Waals surface area contributed by atoms with E-state index >= 15 is 0 Å². The molecule has 2 amide bonds. The molecule has 0 aromatic heterocycles. The summed E-state index contributed by atoms with van der Waals surface area (Å²) in [6.45, 7) is 7.37. The normalized spacial score (nSPS) is 13.0. The molecule has 0 bridgehead atoms. The number of hydroxylamine groups is 2. The quantitative estimate of drug-likeness (QED) is 0.0199. The van der Waals surface area contributed by atoms with Gasteiger partial charge in [-0.25, -0.2) is 4.79 Å². The van der Waals surface area contributed by atoms with E-state index in [0.29, 0.717) is 50.4 Å². The third kappa shape index (κ3) is 22.4. The number of esters is 3. The van der Waals surface area contributed by atoms with E-state index in [1.54, 1.807) is 0 Å². The lowest BCUT2D eigenvalue weighted by atomic mass is 9.77. The number of carbonyl (C=O) groups is 6. The van der Waals surface area contributed by atoms with Gasteiger partial charge < -0.3 is 19.0 Å². The number of ether oxygens (including phenoxy) is 3. The monoisotopic (exact) mass is 766 g/mol. The second kappa shape index (κ2) is 32.3. The summed E-state index contributed by atoms with van der Waals surface area (Å²) in [4.78, 5) is 81.2. The fraction of sp³-hybridized carbons (Fsp3) is 0.860. The topological polar surface area (TPSA) is 143 Å². The Balaban J connectivity index is 2.60. The van der Waals surface area contributed by atoms with Crippen LogP contribution in [-0.2, 0) is 47.8 Å². The summed E-state index contributed by atoms with van der Waals surface area (Å²) in [6, 6.07) is 0.